The molecule has 1 fully saturated rings. The highest BCUT2D eigenvalue weighted by molar-refractivity contribution is 7.13. The normalized spacial score (nSPS) is 18.4. The summed E-state index contributed by atoms with van der Waals surface area (Å²) in [4.78, 5) is 26.6. The van der Waals surface area contributed by atoms with Crippen LogP contribution in [0.4, 0.5) is 0 Å². The molecular formula is C26H33NO4S. The van der Waals surface area contributed by atoms with E-state index in [9.17, 15) is 14.7 Å². The molecule has 1 aliphatic heterocycles. The van der Waals surface area contributed by atoms with Crippen LogP contribution in [0.15, 0.2) is 54.6 Å². The molecule has 0 radical (unpaired) electrons. The zero-order valence-corrected chi connectivity index (χ0v) is 19.5. The van der Waals surface area contributed by atoms with Crippen molar-refractivity contribution in [2.75, 3.05) is 6.54 Å². The summed E-state index contributed by atoms with van der Waals surface area (Å²) in [6.45, 7) is 2.72. The molecule has 0 aliphatic carbocycles. The summed E-state index contributed by atoms with van der Waals surface area (Å²) < 4.78 is 0. The van der Waals surface area contributed by atoms with Gasteiger partial charge in [0.1, 0.15) is 4.88 Å². The van der Waals surface area contributed by atoms with Crippen molar-refractivity contribution in [2.45, 2.75) is 64.0 Å². The Hall–Kier alpha value is -2.44. The zero-order chi connectivity index (χ0) is 22.9. The van der Waals surface area contributed by atoms with Crippen LogP contribution in [0.3, 0.4) is 0 Å². The average molecular weight is 456 g/mol. The Bertz CT molecular complexity index is 908. The third kappa shape index (κ3) is 7.04. The predicted molar refractivity (Wildman–Crippen MR) is 128 cm³/mol. The number of aryl methyl sites for hydroxylation is 2. The highest BCUT2D eigenvalue weighted by Crippen LogP contribution is 2.23. The minimum absolute atomic E-state index is 0.0339. The lowest BCUT2D eigenvalue weighted by atomic mass is 9.95. The topological polar surface area (TPSA) is 77.8 Å². The first-order chi connectivity index (χ1) is 15.4. The Labute approximate surface area is 194 Å². The maximum absolute atomic E-state index is 12.3. The molecule has 1 aromatic heterocycles. The first-order valence-corrected chi connectivity index (χ1v) is 12.3. The Balaban J connectivity index is 1.43. The lowest BCUT2D eigenvalue weighted by molar-refractivity contribution is -0.128. The van der Waals surface area contributed by atoms with Crippen molar-refractivity contribution in [1.82, 2.24) is 4.90 Å². The zero-order valence-electron chi connectivity index (χ0n) is 18.7. The first-order valence-electron chi connectivity index (χ1n) is 11.5. The van der Waals surface area contributed by atoms with E-state index in [2.05, 4.69) is 31.2 Å². The molecule has 3 rings (SSSR count). The molecule has 1 aromatic carbocycles. The lowest BCUT2D eigenvalue weighted by Gasteiger charge is -2.23. The molecule has 1 unspecified atom stereocenters. The molecule has 2 aromatic rings. The van der Waals surface area contributed by atoms with E-state index in [4.69, 9.17) is 5.11 Å². The van der Waals surface area contributed by atoms with E-state index in [1.165, 1.54) is 16.9 Å². The Morgan fingerprint density at radius 1 is 1.19 bits per heavy atom. The van der Waals surface area contributed by atoms with Gasteiger partial charge < -0.3 is 15.1 Å². The predicted octanol–water partition coefficient (Wildman–Crippen LogP) is 4.95. The largest absolute Gasteiger partial charge is 0.477 e. The van der Waals surface area contributed by atoms with E-state index < -0.39 is 12.1 Å². The highest BCUT2D eigenvalue weighted by atomic mass is 32.1. The number of aromatic carboxylic acids is 1. The number of rotatable bonds is 12. The monoisotopic (exact) mass is 455 g/mol. The first kappa shape index (κ1) is 24.2. The van der Waals surface area contributed by atoms with Crippen LogP contribution >= 0.6 is 11.3 Å². The molecule has 3 atom stereocenters. The van der Waals surface area contributed by atoms with Crippen LogP contribution in [0, 0.1) is 5.92 Å². The number of carbonyl (C=O) groups excluding carboxylic acids is 1. The quantitative estimate of drug-likeness (QED) is 0.444. The van der Waals surface area contributed by atoms with Crippen LogP contribution in [-0.4, -0.2) is 45.7 Å². The van der Waals surface area contributed by atoms with Crippen LogP contribution in [0.2, 0.25) is 0 Å². The number of aliphatic hydroxyl groups excluding tert-OH is 1. The standard InChI is InChI=1S/C26H33NO4S/c1-19(7-5-10-20-8-3-2-4-9-20)23(28)15-12-21-13-17-25(29)27(21)18-6-11-22-14-16-24(32-22)26(30)31/h2-4,8-9,12,14-16,19,21,23,28H,5-7,10-11,13,17-18H2,1H3,(H,30,31)/t19?,21-,23+/m0/s1. The molecule has 172 valence electrons. The van der Waals surface area contributed by atoms with Crippen molar-refractivity contribution in [3.05, 3.63) is 69.9 Å². The number of nitrogens with zero attached hydrogens (tertiary/aromatic N) is 1. The van der Waals surface area contributed by atoms with E-state index in [0.29, 0.717) is 17.8 Å². The maximum atomic E-state index is 12.3. The van der Waals surface area contributed by atoms with E-state index in [-0.39, 0.29) is 17.9 Å². The van der Waals surface area contributed by atoms with Gasteiger partial charge in [-0.1, -0.05) is 49.4 Å². The van der Waals surface area contributed by atoms with Gasteiger partial charge >= 0.3 is 5.97 Å². The average Bonchev–Trinajstić information content (AvgIpc) is 3.40. The summed E-state index contributed by atoms with van der Waals surface area (Å²) in [5, 5.41) is 19.6. The van der Waals surface area contributed by atoms with Gasteiger partial charge in [-0.15, -0.1) is 11.3 Å². The van der Waals surface area contributed by atoms with Crippen molar-refractivity contribution in [2.24, 2.45) is 5.92 Å². The van der Waals surface area contributed by atoms with Crippen molar-refractivity contribution in [3.8, 4) is 0 Å². The number of hydrogen-bond acceptors (Lipinski definition) is 4. The van der Waals surface area contributed by atoms with Gasteiger partial charge in [0.25, 0.3) is 0 Å². The van der Waals surface area contributed by atoms with Gasteiger partial charge in [0, 0.05) is 17.8 Å². The third-order valence-electron chi connectivity index (χ3n) is 6.15. The van der Waals surface area contributed by atoms with E-state index in [1.54, 1.807) is 6.07 Å². The van der Waals surface area contributed by atoms with E-state index in [1.807, 2.05) is 29.2 Å². The van der Waals surface area contributed by atoms with Crippen LogP contribution < -0.4 is 0 Å². The van der Waals surface area contributed by atoms with Crippen LogP contribution in [0.5, 0.6) is 0 Å². The summed E-state index contributed by atoms with van der Waals surface area (Å²) in [5.74, 6) is -0.570. The fourth-order valence-corrected chi connectivity index (χ4v) is 5.06. The number of carbonyl (C=O) groups is 2. The molecule has 1 amide bonds. The van der Waals surface area contributed by atoms with Crippen LogP contribution in [0.1, 0.15) is 59.1 Å². The number of hydrogen-bond donors (Lipinski definition) is 2. The molecule has 2 N–H and O–H groups in total. The Morgan fingerprint density at radius 2 is 1.97 bits per heavy atom. The van der Waals surface area contributed by atoms with Crippen molar-refractivity contribution in [1.29, 1.82) is 0 Å². The summed E-state index contributed by atoms with van der Waals surface area (Å²) in [7, 11) is 0. The van der Waals surface area contributed by atoms with Crippen molar-refractivity contribution in [3.63, 3.8) is 0 Å². The summed E-state index contributed by atoms with van der Waals surface area (Å²) in [5.41, 5.74) is 1.33. The fraction of sp³-hybridized carbons (Fsp3) is 0.462. The van der Waals surface area contributed by atoms with Gasteiger partial charge in [-0.05, 0) is 62.1 Å². The van der Waals surface area contributed by atoms with E-state index >= 15 is 0 Å². The number of benzene rings is 1. The number of thiophene rings is 1. The SMILES string of the molecule is CC(CCCc1ccccc1)[C@H](O)C=C[C@H]1CCC(=O)N1CCCc1ccc(C(=O)O)s1. The molecule has 32 heavy (non-hydrogen) atoms. The van der Waals surface area contributed by atoms with Crippen molar-refractivity contribution < 1.29 is 19.8 Å². The lowest BCUT2D eigenvalue weighted by Crippen LogP contribution is -2.33. The number of likely N-dealkylation sites (tertiary alicyclic amines) is 1. The summed E-state index contributed by atoms with van der Waals surface area (Å²) in [6.07, 6.45) is 9.25. The second kappa shape index (κ2) is 12.0. The van der Waals surface area contributed by atoms with Gasteiger partial charge in [-0.3, -0.25) is 4.79 Å². The summed E-state index contributed by atoms with van der Waals surface area (Å²) in [6, 6.07) is 13.9. The molecular weight excluding hydrogens is 422 g/mol. The smallest absolute Gasteiger partial charge is 0.345 e. The fourth-order valence-electron chi connectivity index (χ4n) is 4.17. The van der Waals surface area contributed by atoms with Gasteiger partial charge in [0.2, 0.25) is 5.91 Å². The van der Waals surface area contributed by atoms with Gasteiger partial charge in [-0.25, -0.2) is 4.79 Å². The Morgan fingerprint density at radius 3 is 2.69 bits per heavy atom. The van der Waals surface area contributed by atoms with E-state index in [0.717, 1.165) is 43.4 Å². The second-order valence-electron chi connectivity index (χ2n) is 8.60. The van der Waals surface area contributed by atoms with Crippen LogP contribution in [-0.2, 0) is 17.6 Å². The van der Waals surface area contributed by atoms with Crippen molar-refractivity contribution >= 4 is 23.2 Å². The van der Waals surface area contributed by atoms with Crippen LogP contribution in [0.25, 0.3) is 0 Å². The molecule has 5 nitrogen and oxygen atoms in total. The number of carboxylic acid groups (broad SMARTS) is 1. The summed E-state index contributed by atoms with van der Waals surface area (Å²) >= 11 is 1.30. The maximum Gasteiger partial charge on any atom is 0.345 e. The third-order valence-corrected chi connectivity index (χ3v) is 7.28. The molecule has 0 spiro atoms. The molecule has 1 saturated heterocycles. The Kier molecular flexibility index (Phi) is 9.06. The number of carboxylic acids is 1. The highest BCUT2D eigenvalue weighted by Gasteiger charge is 2.28. The number of amides is 1. The van der Waals surface area contributed by atoms with Gasteiger partial charge in [-0.2, -0.15) is 0 Å². The minimum atomic E-state index is -0.894. The number of aliphatic hydroxyl groups is 1. The van der Waals surface area contributed by atoms with Gasteiger partial charge in [0.05, 0.1) is 12.1 Å². The minimum Gasteiger partial charge on any atom is -0.477 e. The second-order valence-corrected chi connectivity index (χ2v) is 9.77. The molecule has 0 bridgehead atoms. The van der Waals surface area contributed by atoms with Gasteiger partial charge in [0.15, 0.2) is 0 Å². The molecule has 1 aliphatic rings. The molecule has 2 heterocycles. The molecule has 0 saturated carbocycles. The molecule has 6 heteroatoms.